The first-order valence-electron chi connectivity index (χ1n) is 12.4. The van der Waals surface area contributed by atoms with Crippen LogP contribution in [0, 0.1) is 5.92 Å². The van der Waals surface area contributed by atoms with Gasteiger partial charge in [0.1, 0.15) is 5.75 Å². The number of nitrogens with zero attached hydrogens (tertiary/aromatic N) is 2. The summed E-state index contributed by atoms with van der Waals surface area (Å²) in [4.78, 5) is 20.7. The number of esters is 1. The standard InChI is InChI=1S/C27H40N2O3/c1-4-6-7-8-9-10-11-12-13-14-19-31-25-20-28-26(29-21-25)23-15-17-24(18-16-23)32-27(30)22(3)5-2/h15-18,20-22H,4-14,19H2,1-3H3. The minimum absolute atomic E-state index is 0.106. The minimum Gasteiger partial charge on any atom is -0.490 e. The van der Waals surface area contributed by atoms with Crippen LogP contribution in [0.3, 0.4) is 0 Å². The highest BCUT2D eigenvalue weighted by atomic mass is 16.5. The minimum atomic E-state index is -0.208. The Labute approximate surface area is 194 Å². The Morgan fingerprint density at radius 1 is 0.812 bits per heavy atom. The molecule has 0 aliphatic rings. The number of hydrogen-bond acceptors (Lipinski definition) is 5. The number of hydrogen-bond donors (Lipinski definition) is 0. The molecule has 5 heteroatoms. The van der Waals surface area contributed by atoms with Gasteiger partial charge >= 0.3 is 5.97 Å². The van der Waals surface area contributed by atoms with Gasteiger partial charge in [-0.1, -0.05) is 78.6 Å². The Morgan fingerprint density at radius 2 is 1.38 bits per heavy atom. The lowest BCUT2D eigenvalue weighted by Gasteiger charge is -2.09. The van der Waals surface area contributed by atoms with Gasteiger partial charge in [0, 0.05) is 5.56 Å². The molecule has 1 aromatic carbocycles. The highest BCUT2D eigenvalue weighted by molar-refractivity contribution is 5.74. The van der Waals surface area contributed by atoms with E-state index in [9.17, 15) is 4.79 Å². The maximum atomic E-state index is 11.9. The third-order valence-electron chi connectivity index (χ3n) is 5.74. The number of ether oxygens (including phenoxy) is 2. The lowest BCUT2D eigenvalue weighted by molar-refractivity contribution is -0.138. The second kappa shape index (κ2) is 15.4. The zero-order valence-electron chi connectivity index (χ0n) is 20.1. The summed E-state index contributed by atoms with van der Waals surface area (Å²) >= 11 is 0. The van der Waals surface area contributed by atoms with Crippen molar-refractivity contribution in [2.24, 2.45) is 5.92 Å². The maximum absolute atomic E-state index is 11.9. The van der Waals surface area contributed by atoms with E-state index in [-0.39, 0.29) is 11.9 Å². The molecule has 0 saturated carbocycles. The monoisotopic (exact) mass is 440 g/mol. The summed E-state index contributed by atoms with van der Waals surface area (Å²) in [6.45, 7) is 6.80. The fourth-order valence-corrected chi connectivity index (χ4v) is 3.37. The van der Waals surface area contributed by atoms with E-state index in [0.717, 1.165) is 18.4 Å². The van der Waals surface area contributed by atoms with E-state index >= 15 is 0 Å². The largest absolute Gasteiger partial charge is 0.490 e. The van der Waals surface area contributed by atoms with Gasteiger partial charge in [-0.2, -0.15) is 0 Å². The average Bonchev–Trinajstić information content (AvgIpc) is 2.83. The van der Waals surface area contributed by atoms with Crippen LogP contribution >= 0.6 is 0 Å². The van der Waals surface area contributed by atoms with Crippen molar-refractivity contribution in [1.82, 2.24) is 9.97 Å². The fraction of sp³-hybridized carbons (Fsp3) is 0.593. The van der Waals surface area contributed by atoms with Crippen LogP contribution in [0.25, 0.3) is 11.4 Å². The number of unbranched alkanes of at least 4 members (excludes halogenated alkanes) is 9. The predicted octanol–water partition coefficient (Wildman–Crippen LogP) is 7.39. The normalized spacial score (nSPS) is 11.8. The van der Waals surface area contributed by atoms with E-state index in [0.29, 0.717) is 23.9 Å². The molecule has 1 unspecified atom stereocenters. The van der Waals surface area contributed by atoms with Crippen molar-refractivity contribution in [3.8, 4) is 22.9 Å². The van der Waals surface area contributed by atoms with Crippen molar-refractivity contribution >= 4 is 5.97 Å². The summed E-state index contributed by atoms with van der Waals surface area (Å²) in [6, 6.07) is 7.26. The maximum Gasteiger partial charge on any atom is 0.314 e. The van der Waals surface area contributed by atoms with Gasteiger partial charge in [-0.3, -0.25) is 4.79 Å². The van der Waals surface area contributed by atoms with E-state index in [1.807, 2.05) is 26.0 Å². The molecule has 0 fully saturated rings. The van der Waals surface area contributed by atoms with Crippen LogP contribution in [-0.4, -0.2) is 22.5 Å². The first kappa shape index (κ1) is 25.8. The van der Waals surface area contributed by atoms with Gasteiger partial charge in [-0.15, -0.1) is 0 Å². The van der Waals surface area contributed by atoms with Gasteiger partial charge in [0.25, 0.3) is 0 Å². The third kappa shape index (κ3) is 9.80. The van der Waals surface area contributed by atoms with Gasteiger partial charge in [0.15, 0.2) is 11.6 Å². The second-order valence-electron chi connectivity index (χ2n) is 8.53. The SMILES string of the molecule is CCCCCCCCCCCCOc1cnc(-c2ccc(OC(=O)C(C)CC)cc2)nc1. The van der Waals surface area contributed by atoms with E-state index in [4.69, 9.17) is 9.47 Å². The van der Waals surface area contributed by atoms with Crippen LogP contribution < -0.4 is 9.47 Å². The molecule has 0 bridgehead atoms. The van der Waals surface area contributed by atoms with Crippen LogP contribution in [0.15, 0.2) is 36.7 Å². The summed E-state index contributed by atoms with van der Waals surface area (Å²) in [5.41, 5.74) is 0.870. The van der Waals surface area contributed by atoms with Crippen LogP contribution in [0.5, 0.6) is 11.5 Å². The molecule has 0 aliphatic heterocycles. The molecule has 0 amide bonds. The first-order chi connectivity index (χ1) is 15.6. The Bertz CT molecular complexity index is 759. The van der Waals surface area contributed by atoms with E-state index in [2.05, 4.69) is 16.9 Å². The molecule has 1 heterocycles. The predicted molar refractivity (Wildman–Crippen MR) is 130 cm³/mol. The summed E-state index contributed by atoms with van der Waals surface area (Å²) in [5.74, 6) is 1.54. The Hall–Kier alpha value is -2.43. The number of benzene rings is 1. The molecule has 1 atom stereocenters. The quantitative estimate of drug-likeness (QED) is 0.155. The van der Waals surface area contributed by atoms with Crippen molar-refractivity contribution in [2.75, 3.05) is 6.61 Å². The number of carbonyl (C=O) groups is 1. The van der Waals surface area contributed by atoms with Gasteiger partial charge < -0.3 is 9.47 Å². The summed E-state index contributed by atoms with van der Waals surface area (Å²) in [7, 11) is 0. The highest BCUT2D eigenvalue weighted by Gasteiger charge is 2.13. The Balaban J connectivity index is 1.64. The zero-order valence-corrected chi connectivity index (χ0v) is 20.1. The second-order valence-corrected chi connectivity index (χ2v) is 8.53. The lowest BCUT2D eigenvalue weighted by Crippen LogP contribution is -2.16. The van der Waals surface area contributed by atoms with E-state index in [1.165, 1.54) is 57.8 Å². The molecule has 0 spiro atoms. The first-order valence-corrected chi connectivity index (χ1v) is 12.4. The summed E-state index contributed by atoms with van der Waals surface area (Å²) in [6.07, 6.45) is 17.3. The molecule has 2 aromatic rings. The van der Waals surface area contributed by atoms with Gasteiger partial charge in [-0.05, 0) is 37.1 Å². The number of aromatic nitrogens is 2. The number of rotatable bonds is 16. The highest BCUT2D eigenvalue weighted by Crippen LogP contribution is 2.21. The van der Waals surface area contributed by atoms with Gasteiger partial charge in [-0.25, -0.2) is 9.97 Å². The summed E-state index contributed by atoms with van der Waals surface area (Å²) < 4.78 is 11.2. The van der Waals surface area contributed by atoms with Crippen molar-refractivity contribution in [2.45, 2.75) is 91.4 Å². The molecule has 5 nitrogen and oxygen atoms in total. The topological polar surface area (TPSA) is 61.3 Å². The summed E-state index contributed by atoms with van der Waals surface area (Å²) in [5, 5.41) is 0. The molecular weight excluding hydrogens is 400 g/mol. The van der Waals surface area contributed by atoms with Crippen molar-refractivity contribution < 1.29 is 14.3 Å². The smallest absolute Gasteiger partial charge is 0.314 e. The van der Waals surface area contributed by atoms with E-state index < -0.39 is 0 Å². The van der Waals surface area contributed by atoms with Crippen LogP contribution in [0.4, 0.5) is 0 Å². The molecule has 0 aliphatic carbocycles. The molecule has 0 saturated heterocycles. The molecule has 1 aromatic heterocycles. The third-order valence-corrected chi connectivity index (χ3v) is 5.74. The van der Waals surface area contributed by atoms with Crippen LogP contribution in [0.1, 0.15) is 91.4 Å². The van der Waals surface area contributed by atoms with Crippen molar-refractivity contribution in [1.29, 1.82) is 0 Å². The van der Waals surface area contributed by atoms with Crippen molar-refractivity contribution in [3.63, 3.8) is 0 Å². The molecule has 176 valence electrons. The number of carbonyl (C=O) groups excluding carboxylic acids is 1. The van der Waals surface area contributed by atoms with Gasteiger partial charge in [0.2, 0.25) is 0 Å². The van der Waals surface area contributed by atoms with Gasteiger partial charge in [0.05, 0.1) is 24.9 Å². The zero-order chi connectivity index (χ0) is 23.0. The Morgan fingerprint density at radius 3 is 1.94 bits per heavy atom. The van der Waals surface area contributed by atoms with Crippen LogP contribution in [0.2, 0.25) is 0 Å². The van der Waals surface area contributed by atoms with E-state index in [1.54, 1.807) is 24.5 Å². The molecule has 32 heavy (non-hydrogen) atoms. The molecular formula is C27H40N2O3. The molecule has 0 radical (unpaired) electrons. The average molecular weight is 441 g/mol. The fourth-order valence-electron chi connectivity index (χ4n) is 3.37. The lowest BCUT2D eigenvalue weighted by atomic mass is 10.1. The van der Waals surface area contributed by atoms with Crippen LogP contribution in [-0.2, 0) is 4.79 Å². The molecule has 2 rings (SSSR count). The Kier molecular flexibility index (Phi) is 12.4. The molecule has 0 N–H and O–H groups in total. The van der Waals surface area contributed by atoms with Crippen molar-refractivity contribution in [3.05, 3.63) is 36.7 Å².